The summed E-state index contributed by atoms with van der Waals surface area (Å²) in [6.45, 7) is 6.92. The van der Waals surface area contributed by atoms with Gasteiger partial charge in [0.2, 0.25) is 0 Å². The molecule has 2 rings (SSSR count). The van der Waals surface area contributed by atoms with Gasteiger partial charge in [0.25, 0.3) is 0 Å². The SMILES string of the molecule is COC(=O)c1cc(COC(C)C)ccc1CC(C)OCc1cccnc1. The number of benzene rings is 1. The van der Waals surface area contributed by atoms with E-state index in [-0.39, 0.29) is 18.2 Å². The number of aromatic nitrogens is 1. The molecular weight excluding hydrogens is 330 g/mol. The van der Waals surface area contributed by atoms with E-state index in [4.69, 9.17) is 14.2 Å². The minimum absolute atomic E-state index is 0.0450. The second-order valence-electron chi connectivity index (χ2n) is 6.53. The van der Waals surface area contributed by atoms with Gasteiger partial charge in [0.1, 0.15) is 0 Å². The number of rotatable bonds is 9. The summed E-state index contributed by atoms with van der Waals surface area (Å²) >= 11 is 0. The van der Waals surface area contributed by atoms with Crippen molar-refractivity contribution in [3.8, 4) is 0 Å². The average molecular weight is 357 g/mol. The van der Waals surface area contributed by atoms with Crippen molar-refractivity contribution in [3.05, 3.63) is 65.0 Å². The Hall–Kier alpha value is -2.24. The van der Waals surface area contributed by atoms with Crippen molar-refractivity contribution in [2.24, 2.45) is 0 Å². The van der Waals surface area contributed by atoms with E-state index in [1.807, 2.05) is 51.1 Å². The first-order chi connectivity index (χ1) is 12.5. The molecule has 0 amide bonds. The highest BCUT2D eigenvalue weighted by Crippen LogP contribution is 2.18. The molecule has 140 valence electrons. The Morgan fingerprint density at radius 2 is 1.85 bits per heavy atom. The Bertz CT molecular complexity index is 700. The Kier molecular flexibility index (Phi) is 7.75. The first-order valence-electron chi connectivity index (χ1n) is 8.81. The molecule has 0 aliphatic rings. The van der Waals surface area contributed by atoms with Gasteiger partial charge in [-0.3, -0.25) is 4.98 Å². The Morgan fingerprint density at radius 3 is 2.50 bits per heavy atom. The van der Waals surface area contributed by atoms with E-state index in [2.05, 4.69) is 4.98 Å². The lowest BCUT2D eigenvalue weighted by atomic mass is 9.99. The van der Waals surface area contributed by atoms with Crippen molar-refractivity contribution in [2.75, 3.05) is 7.11 Å². The van der Waals surface area contributed by atoms with Crippen LogP contribution in [0.25, 0.3) is 0 Å². The predicted molar refractivity (Wildman–Crippen MR) is 99.9 cm³/mol. The smallest absolute Gasteiger partial charge is 0.338 e. The maximum absolute atomic E-state index is 12.2. The number of hydrogen-bond acceptors (Lipinski definition) is 5. The molecule has 0 N–H and O–H groups in total. The van der Waals surface area contributed by atoms with E-state index < -0.39 is 0 Å². The zero-order valence-corrected chi connectivity index (χ0v) is 15.9. The Balaban J connectivity index is 2.05. The summed E-state index contributed by atoms with van der Waals surface area (Å²) < 4.78 is 16.5. The molecule has 0 spiro atoms. The van der Waals surface area contributed by atoms with Crippen LogP contribution in [-0.4, -0.2) is 30.3 Å². The molecular formula is C21H27NO4. The Morgan fingerprint density at radius 1 is 1.08 bits per heavy atom. The van der Waals surface area contributed by atoms with E-state index in [9.17, 15) is 4.79 Å². The zero-order valence-electron chi connectivity index (χ0n) is 15.9. The fourth-order valence-electron chi connectivity index (χ4n) is 2.54. The Labute approximate surface area is 155 Å². The van der Waals surface area contributed by atoms with Gasteiger partial charge in [-0.2, -0.15) is 0 Å². The van der Waals surface area contributed by atoms with Crippen LogP contribution < -0.4 is 0 Å². The number of nitrogens with zero attached hydrogens (tertiary/aromatic N) is 1. The third-order valence-electron chi connectivity index (χ3n) is 3.93. The normalized spacial score (nSPS) is 12.2. The number of carbonyl (C=O) groups is 1. The number of pyridine rings is 1. The van der Waals surface area contributed by atoms with Gasteiger partial charge in [-0.05, 0) is 56.0 Å². The van der Waals surface area contributed by atoms with Crippen molar-refractivity contribution in [2.45, 2.75) is 52.6 Å². The highest BCUT2D eigenvalue weighted by molar-refractivity contribution is 5.91. The second-order valence-corrected chi connectivity index (χ2v) is 6.53. The van der Waals surface area contributed by atoms with Crippen LogP contribution in [0.4, 0.5) is 0 Å². The van der Waals surface area contributed by atoms with Crippen LogP contribution in [0.5, 0.6) is 0 Å². The standard InChI is InChI=1S/C21H27NO4/c1-15(2)25-13-17-7-8-19(20(11-17)21(23)24-4)10-16(3)26-14-18-6-5-9-22-12-18/h5-9,11-12,15-16H,10,13-14H2,1-4H3. The van der Waals surface area contributed by atoms with Crippen LogP contribution in [0, 0.1) is 0 Å². The van der Waals surface area contributed by atoms with Crippen LogP contribution in [0.15, 0.2) is 42.7 Å². The quantitative estimate of drug-likeness (QED) is 0.636. The maximum atomic E-state index is 12.2. The summed E-state index contributed by atoms with van der Waals surface area (Å²) in [7, 11) is 1.39. The lowest BCUT2D eigenvalue weighted by Crippen LogP contribution is -2.15. The van der Waals surface area contributed by atoms with Crippen LogP contribution in [0.3, 0.4) is 0 Å². The predicted octanol–water partition coefficient (Wildman–Crippen LogP) is 3.94. The highest BCUT2D eigenvalue weighted by Gasteiger charge is 2.16. The number of methoxy groups -OCH3 is 1. The third-order valence-corrected chi connectivity index (χ3v) is 3.93. The summed E-state index contributed by atoms with van der Waals surface area (Å²) in [6, 6.07) is 9.64. The van der Waals surface area contributed by atoms with Crippen molar-refractivity contribution >= 4 is 5.97 Å². The minimum atomic E-state index is -0.342. The first-order valence-corrected chi connectivity index (χ1v) is 8.81. The molecule has 1 atom stereocenters. The van der Waals surface area contributed by atoms with Gasteiger partial charge in [-0.1, -0.05) is 18.2 Å². The van der Waals surface area contributed by atoms with Crippen LogP contribution in [0.2, 0.25) is 0 Å². The molecule has 1 unspecified atom stereocenters. The van der Waals surface area contributed by atoms with Crippen LogP contribution >= 0.6 is 0 Å². The topological polar surface area (TPSA) is 57.7 Å². The molecule has 0 fully saturated rings. The number of esters is 1. The van der Waals surface area contributed by atoms with E-state index in [1.54, 1.807) is 12.4 Å². The molecule has 5 nitrogen and oxygen atoms in total. The molecule has 1 aromatic heterocycles. The molecule has 0 saturated carbocycles. The fraction of sp³-hybridized carbons (Fsp3) is 0.429. The molecule has 0 saturated heterocycles. The van der Waals surface area contributed by atoms with Crippen molar-refractivity contribution < 1.29 is 19.0 Å². The first kappa shape index (κ1) is 20.1. The maximum Gasteiger partial charge on any atom is 0.338 e. The number of hydrogen-bond donors (Lipinski definition) is 0. The van der Waals surface area contributed by atoms with Crippen molar-refractivity contribution in [3.63, 3.8) is 0 Å². The largest absolute Gasteiger partial charge is 0.465 e. The zero-order chi connectivity index (χ0) is 18.9. The van der Waals surface area contributed by atoms with Gasteiger partial charge in [-0.15, -0.1) is 0 Å². The number of ether oxygens (including phenoxy) is 3. The lowest BCUT2D eigenvalue weighted by Gasteiger charge is -2.16. The minimum Gasteiger partial charge on any atom is -0.465 e. The fourth-order valence-corrected chi connectivity index (χ4v) is 2.54. The molecule has 2 aromatic rings. The van der Waals surface area contributed by atoms with Crippen molar-refractivity contribution in [1.82, 2.24) is 4.98 Å². The number of carbonyl (C=O) groups excluding carboxylic acids is 1. The van der Waals surface area contributed by atoms with Crippen LogP contribution in [0.1, 0.15) is 47.8 Å². The summed E-state index contributed by atoms with van der Waals surface area (Å²) in [5, 5.41) is 0. The molecule has 0 aliphatic heterocycles. The van der Waals surface area contributed by atoms with Gasteiger partial charge in [0.15, 0.2) is 0 Å². The third kappa shape index (κ3) is 6.24. The van der Waals surface area contributed by atoms with E-state index in [0.29, 0.717) is 25.2 Å². The molecule has 0 aliphatic carbocycles. The monoisotopic (exact) mass is 357 g/mol. The van der Waals surface area contributed by atoms with Gasteiger partial charge in [-0.25, -0.2) is 4.79 Å². The van der Waals surface area contributed by atoms with Gasteiger partial charge in [0.05, 0.1) is 38.1 Å². The van der Waals surface area contributed by atoms with Gasteiger partial charge in [0, 0.05) is 12.4 Å². The molecule has 1 heterocycles. The lowest BCUT2D eigenvalue weighted by molar-refractivity contribution is 0.0520. The second kappa shape index (κ2) is 10.0. The van der Waals surface area contributed by atoms with E-state index in [1.165, 1.54) is 7.11 Å². The van der Waals surface area contributed by atoms with E-state index in [0.717, 1.165) is 16.7 Å². The van der Waals surface area contributed by atoms with E-state index >= 15 is 0 Å². The average Bonchev–Trinajstić information content (AvgIpc) is 2.65. The summed E-state index contributed by atoms with van der Waals surface area (Å²) in [5.41, 5.74) is 3.44. The summed E-state index contributed by atoms with van der Waals surface area (Å²) in [4.78, 5) is 16.3. The van der Waals surface area contributed by atoms with Crippen molar-refractivity contribution in [1.29, 1.82) is 0 Å². The van der Waals surface area contributed by atoms with Gasteiger partial charge < -0.3 is 14.2 Å². The van der Waals surface area contributed by atoms with Gasteiger partial charge >= 0.3 is 5.97 Å². The summed E-state index contributed by atoms with van der Waals surface area (Å²) in [5.74, 6) is -0.342. The summed E-state index contributed by atoms with van der Waals surface area (Å²) in [6.07, 6.45) is 4.24. The molecule has 0 bridgehead atoms. The molecule has 26 heavy (non-hydrogen) atoms. The molecule has 1 aromatic carbocycles. The molecule has 0 radical (unpaired) electrons. The molecule has 5 heteroatoms. The highest BCUT2D eigenvalue weighted by atomic mass is 16.5. The van der Waals surface area contributed by atoms with Crippen LogP contribution in [-0.2, 0) is 33.8 Å².